The molecule has 0 radical (unpaired) electrons. The van der Waals surface area contributed by atoms with Gasteiger partial charge in [-0.3, -0.25) is 30.9 Å². The summed E-state index contributed by atoms with van der Waals surface area (Å²) in [6.45, 7) is 5.59. The first-order chi connectivity index (χ1) is 24.3. The van der Waals surface area contributed by atoms with Crippen LogP contribution in [0, 0.1) is 20.2 Å². The van der Waals surface area contributed by atoms with Gasteiger partial charge in [0.1, 0.15) is 0 Å². The van der Waals surface area contributed by atoms with Crippen molar-refractivity contribution in [2.24, 2.45) is 0 Å². The lowest BCUT2D eigenvalue weighted by molar-refractivity contribution is -0.385. The molecule has 2 rings (SSSR count). The molecule has 0 aliphatic heterocycles. The number of nitrogens with zero attached hydrogens (tertiary/aromatic N) is 2. The van der Waals surface area contributed by atoms with Crippen molar-refractivity contribution in [1.29, 1.82) is 0 Å². The summed E-state index contributed by atoms with van der Waals surface area (Å²) < 4.78 is 25.2. The maximum Gasteiger partial charge on any atom is 0.701 e. The van der Waals surface area contributed by atoms with Crippen LogP contribution in [0.5, 0.6) is 0 Å². The molecule has 12 heteroatoms. The highest BCUT2D eigenvalue weighted by atomic mass is 31.1. The van der Waals surface area contributed by atoms with E-state index in [-0.39, 0.29) is 11.4 Å². The molecule has 0 heterocycles. The Bertz CT molecular complexity index is 1140. The molecule has 0 bridgehead atoms. The third-order valence-corrected chi connectivity index (χ3v) is 9.64. The number of nitro groups is 2. The fourth-order valence-corrected chi connectivity index (χ4v) is 6.71. The zero-order valence-electron chi connectivity index (χ0n) is 30.5. The summed E-state index contributed by atoms with van der Waals surface area (Å²) in [7, 11) is -2.75. The number of hydrogen-bond acceptors (Lipinski definition) is 9. The van der Waals surface area contributed by atoms with E-state index in [1.54, 1.807) is 24.3 Å². The predicted octanol–water partition coefficient (Wildman–Crippen LogP) is 11.9. The number of unbranched alkanes of at least 4 members (excludes halogenated alkanes) is 18. The fraction of sp³-hybridized carbons (Fsp3) is 0.684. The van der Waals surface area contributed by atoms with E-state index in [1.807, 2.05) is 0 Å². The van der Waals surface area contributed by atoms with E-state index < -0.39 is 30.6 Å². The zero-order chi connectivity index (χ0) is 36.2. The van der Waals surface area contributed by atoms with Gasteiger partial charge in [-0.05, 0) is 25.9 Å². The molecule has 0 amide bonds. The van der Waals surface area contributed by atoms with E-state index in [1.165, 1.54) is 114 Å². The van der Waals surface area contributed by atoms with E-state index in [0.717, 1.165) is 38.5 Å². The van der Waals surface area contributed by atoms with Crippen LogP contribution in [-0.2, 0) is 13.6 Å². The number of non-ortho nitro benzene ring substituents is 2. The topological polar surface area (TPSA) is 146 Å². The maximum atomic E-state index is 13.4. The van der Waals surface area contributed by atoms with Crippen LogP contribution in [0.15, 0.2) is 48.5 Å². The number of rotatable bonds is 32. The Morgan fingerprint density at radius 2 is 0.880 bits per heavy atom. The smallest absolute Gasteiger partial charge is 0.284 e. The van der Waals surface area contributed by atoms with Gasteiger partial charge in [0.2, 0.25) is 0 Å². The molecule has 2 aromatic carbocycles. The first-order valence-electron chi connectivity index (χ1n) is 19.1. The van der Waals surface area contributed by atoms with E-state index in [2.05, 4.69) is 24.5 Å². The minimum atomic E-state index is -2.75. The number of benzene rings is 2. The first kappa shape index (κ1) is 43.3. The Morgan fingerprint density at radius 3 is 1.20 bits per heavy atom. The molecule has 2 aromatic rings. The SMILES string of the molecule is CCCCCCCCCCCCNC(O[P+](=O)OC(NCCCCCCCCCCCC)c1cccc([N+](=O)[O-])c1)c1cccc([N+](=O)[O-])c1. The van der Waals surface area contributed by atoms with E-state index >= 15 is 0 Å². The van der Waals surface area contributed by atoms with Gasteiger partial charge in [0.15, 0.2) is 12.5 Å². The van der Waals surface area contributed by atoms with Crippen molar-refractivity contribution in [1.82, 2.24) is 10.6 Å². The van der Waals surface area contributed by atoms with Crippen molar-refractivity contribution in [2.75, 3.05) is 13.1 Å². The highest BCUT2D eigenvalue weighted by Gasteiger charge is 2.34. The Kier molecular flexibility index (Phi) is 24.1. The van der Waals surface area contributed by atoms with Crippen molar-refractivity contribution < 1.29 is 23.5 Å². The standard InChI is InChI=1S/C38H62N4O7P/c1-3-5-7-9-11-13-15-17-19-21-29-39-37(33-25-23-27-35(31-33)41(43)44)48-50(47)49-38(34-26-24-28-36(32-34)42(45)46)40-30-22-20-18-16-14-12-10-8-6-4-2/h23-28,31-32,37-40H,3-22,29-30H2,1-2H3/q+1. The Morgan fingerprint density at radius 1 is 0.560 bits per heavy atom. The van der Waals surface area contributed by atoms with Crippen LogP contribution in [0.1, 0.15) is 166 Å². The van der Waals surface area contributed by atoms with Gasteiger partial charge in [-0.1, -0.05) is 163 Å². The molecular formula is C38H62N4O7P+. The third kappa shape index (κ3) is 19.5. The monoisotopic (exact) mass is 717 g/mol. The largest absolute Gasteiger partial charge is 0.701 e. The van der Waals surface area contributed by atoms with Gasteiger partial charge >= 0.3 is 8.25 Å². The van der Waals surface area contributed by atoms with Gasteiger partial charge < -0.3 is 0 Å². The van der Waals surface area contributed by atoms with Crippen molar-refractivity contribution in [2.45, 2.75) is 155 Å². The number of hydrogen-bond donors (Lipinski definition) is 2. The second-order valence-electron chi connectivity index (χ2n) is 13.2. The van der Waals surface area contributed by atoms with Crippen molar-refractivity contribution in [3.05, 3.63) is 79.9 Å². The van der Waals surface area contributed by atoms with E-state index in [0.29, 0.717) is 24.2 Å². The molecule has 0 saturated heterocycles. The van der Waals surface area contributed by atoms with Crippen LogP contribution >= 0.6 is 8.25 Å². The third-order valence-electron chi connectivity index (χ3n) is 8.87. The van der Waals surface area contributed by atoms with Crippen molar-refractivity contribution >= 4 is 19.6 Å². The molecule has 0 spiro atoms. The van der Waals surface area contributed by atoms with Crippen LogP contribution in [-0.4, -0.2) is 22.9 Å². The summed E-state index contributed by atoms with van der Waals surface area (Å²) in [5.74, 6) is 0. The maximum absolute atomic E-state index is 13.4. The van der Waals surface area contributed by atoms with Gasteiger partial charge in [-0.25, -0.2) is 0 Å². The van der Waals surface area contributed by atoms with Crippen LogP contribution in [0.3, 0.4) is 0 Å². The highest BCUT2D eigenvalue weighted by molar-refractivity contribution is 7.33. The lowest BCUT2D eigenvalue weighted by Crippen LogP contribution is -2.26. The molecule has 0 aromatic heterocycles. The van der Waals surface area contributed by atoms with Gasteiger partial charge in [-0.15, -0.1) is 0 Å². The van der Waals surface area contributed by atoms with Crippen molar-refractivity contribution in [3.8, 4) is 0 Å². The minimum Gasteiger partial charge on any atom is -0.284 e. The molecule has 0 aliphatic rings. The lowest BCUT2D eigenvalue weighted by Gasteiger charge is -2.16. The molecule has 0 fully saturated rings. The van der Waals surface area contributed by atoms with Gasteiger partial charge in [0.25, 0.3) is 11.4 Å². The highest BCUT2D eigenvalue weighted by Crippen LogP contribution is 2.38. The number of nitrogens with one attached hydrogen (secondary N) is 2. The Labute approximate surface area is 300 Å². The Hall–Kier alpha value is -2.82. The summed E-state index contributed by atoms with van der Waals surface area (Å²) in [6.07, 6.45) is 22.0. The van der Waals surface area contributed by atoms with Crippen LogP contribution in [0.2, 0.25) is 0 Å². The second-order valence-corrected chi connectivity index (χ2v) is 14.0. The fourth-order valence-electron chi connectivity index (χ4n) is 5.92. The summed E-state index contributed by atoms with van der Waals surface area (Å²) in [6, 6.07) is 12.1. The minimum absolute atomic E-state index is 0.0967. The first-order valence-corrected chi connectivity index (χ1v) is 20.2. The summed E-state index contributed by atoms with van der Waals surface area (Å²) in [5.41, 5.74) is 0.730. The lowest BCUT2D eigenvalue weighted by atomic mass is 10.1. The quantitative estimate of drug-likeness (QED) is 0.0248. The average molecular weight is 718 g/mol. The molecule has 50 heavy (non-hydrogen) atoms. The molecule has 0 saturated carbocycles. The summed E-state index contributed by atoms with van der Waals surface area (Å²) in [5, 5.41) is 29.5. The molecular weight excluding hydrogens is 655 g/mol. The summed E-state index contributed by atoms with van der Waals surface area (Å²) in [4.78, 5) is 22.0. The Balaban J connectivity index is 1.97. The second kappa shape index (κ2) is 27.8. The average Bonchev–Trinajstić information content (AvgIpc) is 3.11. The molecule has 11 nitrogen and oxygen atoms in total. The molecule has 280 valence electrons. The van der Waals surface area contributed by atoms with Crippen LogP contribution in [0.25, 0.3) is 0 Å². The summed E-state index contributed by atoms with van der Waals surface area (Å²) >= 11 is 0. The van der Waals surface area contributed by atoms with Crippen LogP contribution < -0.4 is 10.6 Å². The molecule has 2 unspecified atom stereocenters. The van der Waals surface area contributed by atoms with Crippen LogP contribution in [0.4, 0.5) is 11.4 Å². The molecule has 0 aliphatic carbocycles. The number of nitro benzene ring substituents is 2. The van der Waals surface area contributed by atoms with E-state index in [4.69, 9.17) is 9.05 Å². The van der Waals surface area contributed by atoms with Gasteiger partial charge in [0, 0.05) is 40.0 Å². The molecule has 2 N–H and O–H groups in total. The normalized spacial score (nSPS) is 12.9. The van der Waals surface area contributed by atoms with Gasteiger partial charge in [0.05, 0.1) is 9.85 Å². The zero-order valence-corrected chi connectivity index (χ0v) is 31.4. The van der Waals surface area contributed by atoms with E-state index in [9.17, 15) is 24.8 Å². The molecule has 2 atom stereocenters. The van der Waals surface area contributed by atoms with Gasteiger partial charge in [-0.2, -0.15) is 0 Å². The van der Waals surface area contributed by atoms with Crippen molar-refractivity contribution in [3.63, 3.8) is 0 Å². The predicted molar refractivity (Wildman–Crippen MR) is 201 cm³/mol.